The lowest BCUT2D eigenvalue weighted by Crippen LogP contribution is -2.50. The lowest BCUT2D eigenvalue weighted by molar-refractivity contribution is -0.145. The first-order valence-electron chi connectivity index (χ1n) is 7.35. The van der Waals surface area contributed by atoms with Crippen LogP contribution in [0.2, 0.25) is 0 Å². The van der Waals surface area contributed by atoms with Crippen LogP contribution in [0.5, 0.6) is 0 Å². The average molecular weight is 335 g/mol. The molecule has 0 amide bonds. The number of ether oxygens (including phenoxy) is 1. The molecular weight excluding hydrogens is 314 g/mol. The molecule has 6 heteroatoms. The van der Waals surface area contributed by atoms with E-state index in [-0.39, 0.29) is 11.4 Å². The number of rotatable bonds is 5. The molecule has 0 N–H and O–H groups in total. The van der Waals surface area contributed by atoms with E-state index in [0.29, 0.717) is 5.57 Å². The van der Waals surface area contributed by atoms with Crippen molar-refractivity contribution in [3.63, 3.8) is 0 Å². The van der Waals surface area contributed by atoms with Crippen molar-refractivity contribution in [3.8, 4) is 0 Å². The van der Waals surface area contributed by atoms with E-state index >= 15 is 0 Å². The smallest absolute Gasteiger partial charge is 0.331 e. The molecule has 0 fully saturated rings. The molecule has 1 aliphatic heterocycles. The van der Waals surface area contributed by atoms with Gasteiger partial charge in [-0.2, -0.15) is 4.31 Å². The van der Waals surface area contributed by atoms with Crippen LogP contribution in [0.15, 0.2) is 53.5 Å². The van der Waals surface area contributed by atoms with Gasteiger partial charge in [-0.3, -0.25) is 0 Å². The number of benzene rings is 1. The first kappa shape index (κ1) is 17.4. The lowest BCUT2D eigenvalue weighted by Gasteiger charge is -2.36. The van der Waals surface area contributed by atoms with E-state index in [1.54, 1.807) is 38.1 Å². The van der Waals surface area contributed by atoms with Gasteiger partial charge in [-0.15, -0.1) is 6.58 Å². The molecule has 0 radical (unpaired) electrons. The van der Waals surface area contributed by atoms with Gasteiger partial charge < -0.3 is 4.74 Å². The Morgan fingerprint density at radius 3 is 2.39 bits per heavy atom. The van der Waals surface area contributed by atoms with E-state index in [1.165, 1.54) is 16.5 Å². The first-order valence-corrected chi connectivity index (χ1v) is 8.79. The van der Waals surface area contributed by atoms with Crippen molar-refractivity contribution in [1.29, 1.82) is 0 Å². The van der Waals surface area contributed by atoms with Crippen molar-refractivity contribution in [3.05, 3.63) is 54.1 Å². The van der Waals surface area contributed by atoms with Crippen LogP contribution in [0.3, 0.4) is 0 Å². The zero-order valence-corrected chi connectivity index (χ0v) is 14.3. The zero-order valence-electron chi connectivity index (χ0n) is 13.5. The molecular formula is C17H21NO4S. The summed E-state index contributed by atoms with van der Waals surface area (Å²) in [5.41, 5.74) is 1.64. The summed E-state index contributed by atoms with van der Waals surface area (Å²) in [5.74, 6) is -0.447. The van der Waals surface area contributed by atoms with Crippen molar-refractivity contribution in [2.45, 2.75) is 37.8 Å². The largest absolute Gasteiger partial charge is 0.457 e. The summed E-state index contributed by atoms with van der Waals surface area (Å²) in [6.45, 7) is 9.11. The number of esters is 1. The highest BCUT2D eigenvalue weighted by atomic mass is 32.2. The lowest BCUT2D eigenvalue weighted by atomic mass is 10.0. The van der Waals surface area contributed by atoms with Crippen molar-refractivity contribution in [1.82, 2.24) is 4.31 Å². The van der Waals surface area contributed by atoms with Crippen LogP contribution >= 0.6 is 0 Å². The van der Waals surface area contributed by atoms with Gasteiger partial charge in [0, 0.05) is 12.6 Å². The normalized spacial score (nSPS) is 21.7. The summed E-state index contributed by atoms with van der Waals surface area (Å²) in [6.07, 6.45) is 2.31. The third-order valence-corrected chi connectivity index (χ3v) is 5.67. The monoisotopic (exact) mass is 335 g/mol. The van der Waals surface area contributed by atoms with Crippen molar-refractivity contribution < 1.29 is 17.9 Å². The molecule has 1 aromatic carbocycles. The quantitative estimate of drug-likeness (QED) is 0.612. The fraction of sp³-hybridized carbons (Fsp3) is 0.353. The van der Waals surface area contributed by atoms with E-state index in [4.69, 9.17) is 4.74 Å². The molecule has 0 aromatic heterocycles. The van der Waals surface area contributed by atoms with Gasteiger partial charge in [-0.1, -0.05) is 23.8 Å². The Bertz CT molecular complexity index is 734. The summed E-state index contributed by atoms with van der Waals surface area (Å²) in [6, 6.07) is 6.13. The third kappa shape index (κ3) is 3.54. The van der Waals surface area contributed by atoms with E-state index in [1.807, 2.05) is 6.92 Å². The van der Waals surface area contributed by atoms with Gasteiger partial charge >= 0.3 is 5.97 Å². The van der Waals surface area contributed by atoms with Gasteiger partial charge in [0.15, 0.2) is 0 Å². The molecule has 0 saturated carbocycles. The van der Waals surface area contributed by atoms with Crippen molar-refractivity contribution in [2.75, 3.05) is 6.54 Å². The summed E-state index contributed by atoms with van der Waals surface area (Å²) < 4.78 is 32.5. The minimum Gasteiger partial charge on any atom is -0.457 e. The molecule has 23 heavy (non-hydrogen) atoms. The predicted molar refractivity (Wildman–Crippen MR) is 88.4 cm³/mol. The fourth-order valence-corrected chi connectivity index (χ4v) is 4.41. The molecule has 0 unspecified atom stereocenters. The van der Waals surface area contributed by atoms with E-state index in [2.05, 4.69) is 6.58 Å². The number of cyclic esters (lactones) is 1. The third-order valence-electron chi connectivity index (χ3n) is 3.81. The van der Waals surface area contributed by atoms with Gasteiger partial charge in [-0.25, -0.2) is 13.2 Å². The first-order chi connectivity index (χ1) is 10.8. The highest BCUT2D eigenvalue weighted by molar-refractivity contribution is 7.89. The summed E-state index contributed by atoms with van der Waals surface area (Å²) in [4.78, 5) is 11.7. The molecule has 1 heterocycles. The van der Waals surface area contributed by atoms with Gasteiger partial charge in [0.1, 0.15) is 6.10 Å². The topological polar surface area (TPSA) is 63.7 Å². The Hall–Kier alpha value is -1.92. The van der Waals surface area contributed by atoms with Gasteiger partial charge in [-0.05, 0) is 38.5 Å². The predicted octanol–water partition coefficient (Wildman–Crippen LogP) is 2.43. The molecule has 1 aromatic rings. The standard InChI is InChI=1S/C17H21NO4S/c1-5-10-18(17-13(3)11-16(19)22-14(17)4)23(20,21)15-8-6-12(2)7-9-15/h5-9,11,14,17H,1,10H2,2-4H3/t14-,17+/m1/s1. The molecule has 5 nitrogen and oxygen atoms in total. The Balaban J connectivity index is 2.49. The van der Waals surface area contributed by atoms with Gasteiger partial charge in [0.05, 0.1) is 10.9 Å². The molecule has 0 saturated heterocycles. The van der Waals surface area contributed by atoms with Crippen LogP contribution in [0, 0.1) is 6.92 Å². The highest BCUT2D eigenvalue weighted by Crippen LogP contribution is 2.27. The van der Waals surface area contributed by atoms with Crippen LogP contribution in [0.1, 0.15) is 19.4 Å². The van der Waals surface area contributed by atoms with Gasteiger partial charge in [0.25, 0.3) is 0 Å². The second-order valence-electron chi connectivity index (χ2n) is 5.65. The fourth-order valence-electron chi connectivity index (χ4n) is 2.72. The van der Waals surface area contributed by atoms with E-state index in [9.17, 15) is 13.2 Å². The molecule has 0 spiro atoms. The zero-order chi connectivity index (χ0) is 17.2. The summed E-state index contributed by atoms with van der Waals surface area (Å²) >= 11 is 0. The maximum atomic E-state index is 13.0. The number of nitrogens with zero attached hydrogens (tertiary/aromatic N) is 1. The minimum absolute atomic E-state index is 0.133. The Morgan fingerprint density at radius 2 is 1.87 bits per heavy atom. The maximum absolute atomic E-state index is 13.0. The molecule has 1 aliphatic rings. The number of carbonyl (C=O) groups excluding carboxylic acids is 1. The molecule has 124 valence electrons. The maximum Gasteiger partial charge on any atom is 0.331 e. The van der Waals surface area contributed by atoms with Crippen LogP contribution < -0.4 is 0 Å². The second-order valence-corrected chi connectivity index (χ2v) is 7.54. The van der Waals surface area contributed by atoms with E-state index < -0.39 is 28.1 Å². The van der Waals surface area contributed by atoms with E-state index in [0.717, 1.165) is 5.56 Å². The van der Waals surface area contributed by atoms with Gasteiger partial charge in [0.2, 0.25) is 10.0 Å². The second kappa shape index (κ2) is 6.68. The SMILES string of the molecule is C=CCN([C@H]1C(C)=CC(=O)O[C@@H]1C)S(=O)(=O)c1ccc(C)cc1. The Kier molecular flexibility index (Phi) is 5.06. The molecule has 2 rings (SSSR count). The van der Waals surface area contributed by atoms with Crippen molar-refractivity contribution in [2.24, 2.45) is 0 Å². The highest BCUT2D eigenvalue weighted by Gasteiger charge is 2.38. The number of hydrogen-bond donors (Lipinski definition) is 0. The van der Waals surface area contributed by atoms with Crippen LogP contribution in [0.4, 0.5) is 0 Å². The minimum atomic E-state index is -3.73. The number of sulfonamides is 1. The van der Waals surface area contributed by atoms with Crippen LogP contribution in [-0.2, 0) is 19.6 Å². The average Bonchev–Trinajstić information content (AvgIpc) is 2.45. The van der Waals surface area contributed by atoms with Crippen LogP contribution in [0.25, 0.3) is 0 Å². The summed E-state index contributed by atoms with van der Waals surface area (Å²) in [7, 11) is -3.73. The molecule has 0 bridgehead atoms. The Labute approximate surface area is 137 Å². The number of aryl methyl sites for hydroxylation is 1. The number of hydrogen-bond acceptors (Lipinski definition) is 4. The number of carbonyl (C=O) groups is 1. The molecule has 0 aliphatic carbocycles. The molecule has 2 atom stereocenters. The Morgan fingerprint density at radius 1 is 1.26 bits per heavy atom. The van der Waals surface area contributed by atoms with Crippen LogP contribution in [-0.4, -0.2) is 37.4 Å². The van der Waals surface area contributed by atoms with Crippen molar-refractivity contribution >= 4 is 16.0 Å². The summed E-state index contributed by atoms with van der Waals surface area (Å²) in [5, 5.41) is 0.